The lowest BCUT2D eigenvalue weighted by Gasteiger charge is -2.32. The second-order valence-corrected chi connectivity index (χ2v) is 7.27. The van der Waals surface area contributed by atoms with Crippen LogP contribution in [0.4, 0.5) is 25.4 Å². The number of piperidine rings is 2. The number of benzene rings is 1. The first-order valence-electron chi connectivity index (χ1n) is 10.1. The number of urea groups is 1. The van der Waals surface area contributed by atoms with Gasteiger partial charge in [-0.05, 0) is 57.2 Å². The van der Waals surface area contributed by atoms with E-state index in [1.54, 1.807) is 17.9 Å². The number of likely N-dealkylation sites (tertiary alicyclic amines) is 1. The lowest BCUT2D eigenvalue weighted by Crippen LogP contribution is -2.47. The van der Waals surface area contributed by atoms with E-state index < -0.39 is 0 Å². The van der Waals surface area contributed by atoms with E-state index in [0.717, 1.165) is 31.6 Å². The van der Waals surface area contributed by atoms with Crippen LogP contribution in [0.2, 0.25) is 0 Å². The lowest BCUT2D eigenvalue weighted by atomic mass is 10.1. The number of hydrogen-bond acceptors (Lipinski definition) is 4. The largest absolute Gasteiger partial charge is 0.450 e. The van der Waals surface area contributed by atoms with Crippen LogP contribution in [0.15, 0.2) is 18.2 Å². The summed E-state index contributed by atoms with van der Waals surface area (Å²) in [5.41, 5.74) is 1.34. The number of carbonyl (C=O) groups is 2. The molecular formula is C20H29FN4O3. The molecule has 2 heterocycles. The van der Waals surface area contributed by atoms with E-state index in [1.165, 1.54) is 18.6 Å². The van der Waals surface area contributed by atoms with Gasteiger partial charge in [0.25, 0.3) is 0 Å². The maximum absolute atomic E-state index is 13.8. The summed E-state index contributed by atoms with van der Waals surface area (Å²) in [6, 6.07) is 4.15. The molecule has 0 aromatic heterocycles. The lowest BCUT2D eigenvalue weighted by molar-refractivity contribution is 0.0959. The maximum Gasteiger partial charge on any atom is 0.409 e. The van der Waals surface area contributed by atoms with Gasteiger partial charge >= 0.3 is 12.1 Å². The van der Waals surface area contributed by atoms with Crippen molar-refractivity contribution in [2.24, 2.45) is 0 Å². The molecule has 0 bridgehead atoms. The van der Waals surface area contributed by atoms with Gasteiger partial charge in [0.1, 0.15) is 5.82 Å². The monoisotopic (exact) mass is 392 g/mol. The third kappa shape index (κ3) is 5.27. The van der Waals surface area contributed by atoms with Crippen LogP contribution >= 0.6 is 0 Å². The molecule has 8 heteroatoms. The van der Waals surface area contributed by atoms with E-state index >= 15 is 0 Å². The Morgan fingerprint density at radius 2 is 1.86 bits per heavy atom. The fraction of sp³-hybridized carbons (Fsp3) is 0.600. The van der Waals surface area contributed by atoms with E-state index in [9.17, 15) is 14.0 Å². The van der Waals surface area contributed by atoms with Crippen molar-refractivity contribution >= 4 is 23.5 Å². The molecule has 1 aromatic rings. The molecule has 0 unspecified atom stereocenters. The zero-order chi connectivity index (χ0) is 19.9. The van der Waals surface area contributed by atoms with Gasteiger partial charge in [0.15, 0.2) is 0 Å². The molecule has 0 aliphatic carbocycles. The van der Waals surface area contributed by atoms with Gasteiger partial charge < -0.3 is 25.2 Å². The number of carbonyl (C=O) groups excluding carboxylic acids is 2. The topological polar surface area (TPSA) is 73.9 Å². The summed E-state index contributed by atoms with van der Waals surface area (Å²) in [6.07, 6.45) is 4.41. The number of rotatable bonds is 4. The molecular weight excluding hydrogens is 363 g/mol. The SMILES string of the molecule is CCOC(=O)N1CCC(NC(=O)Nc2cc(F)ccc2N2CCCCC2)CC1. The average Bonchev–Trinajstić information content (AvgIpc) is 2.69. The normalized spacial score (nSPS) is 17.9. The Labute approximate surface area is 165 Å². The van der Waals surface area contributed by atoms with Crippen molar-refractivity contribution in [2.75, 3.05) is 43.0 Å². The first kappa shape index (κ1) is 20.2. The number of anilines is 2. The Morgan fingerprint density at radius 1 is 1.14 bits per heavy atom. The second kappa shape index (κ2) is 9.61. The predicted molar refractivity (Wildman–Crippen MR) is 106 cm³/mol. The number of amides is 3. The van der Waals surface area contributed by atoms with Crippen LogP contribution in [0.1, 0.15) is 39.0 Å². The van der Waals surface area contributed by atoms with Crippen molar-refractivity contribution in [3.8, 4) is 0 Å². The third-order valence-corrected chi connectivity index (χ3v) is 5.26. The molecule has 0 radical (unpaired) electrons. The summed E-state index contributed by atoms with van der Waals surface area (Å²) in [7, 11) is 0. The molecule has 0 spiro atoms. The fourth-order valence-electron chi connectivity index (χ4n) is 3.78. The molecule has 2 aliphatic heterocycles. The van der Waals surface area contributed by atoms with E-state index in [0.29, 0.717) is 38.2 Å². The summed E-state index contributed by atoms with van der Waals surface area (Å²) >= 11 is 0. The van der Waals surface area contributed by atoms with Gasteiger partial charge in [-0.2, -0.15) is 0 Å². The number of hydrogen-bond donors (Lipinski definition) is 2. The van der Waals surface area contributed by atoms with Crippen molar-refractivity contribution in [3.05, 3.63) is 24.0 Å². The van der Waals surface area contributed by atoms with E-state index in [1.807, 2.05) is 0 Å². The van der Waals surface area contributed by atoms with E-state index in [-0.39, 0.29) is 24.0 Å². The van der Waals surface area contributed by atoms with Gasteiger partial charge in [-0.15, -0.1) is 0 Å². The molecule has 2 aliphatic rings. The number of halogens is 1. The minimum absolute atomic E-state index is 0.0299. The molecule has 7 nitrogen and oxygen atoms in total. The van der Waals surface area contributed by atoms with Gasteiger partial charge in [0.2, 0.25) is 0 Å². The van der Waals surface area contributed by atoms with Crippen molar-refractivity contribution in [1.82, 2.24) is 10.2 Å². The first-order valence-corrected chi connectivity index (χ1v) is 10.1. The summed E-state index contributed by atoms with van der Waals surface area (Å²) in [5.74, 6) is -0.376. The predicted octanol–water partition coefficient (Wildman–Crippen LogP) is 3.56. The van der Waals surface area contributed by atoms with Crippen molar-refractivity contribution < 1.29 is 18.7 Å². The second-order valence-electron chi connectivity index (χ2n) is 7.27. The zero-order valence-electron chi connectivity index (χ0n) is 16.4. The zero-order valence-corrected chi connectivity index (χ0v) is 16.4. The molecule has 28 heavy (non-hydrogen) atoms. The highest BCUT2D eigenvalue weighted by atomic mass is 19.1. The van der Waals surface area contributed by atoms with Crippen LogP contribution in [-0.2, 0) is 4.74 Å². The van der Waals surface area contributed by atoms with Crippen molar-refractivity contribution in [3.63, 3.8) is 0 Å². The summed E-state index contributed by atoms with van der Waals surface area (Å²) < 4.78 is 18.8. The third-order valence-electron chi connectivity index (χ3n) is 5.26. The number of ether oxygens (including phenoxy) is 1. The Hall–Kier alpha value is -2.51. The Bertz CT molecular complexity index is 686. The molecule has 0 atom stereocenters. The number of nitrogens with one attached hydrogen (secondary N) is 2. The standard InChI is InChI=1S/C20H29FN4O3/c1-2-28-20(27)25-12-8-16(9-13-25)22-19(26)23-17-14-15(21)6-7-18(17)24-10-4-3-5-11-24/h6-7,14,16H,2-5,8-13H2,1H3,(H2,22,23,26). The van der Waals surface area contributed by atoms with Gasteiger partial charge in [0, 0.05) is 32.2 Å². The Balaban J connectivity index is 1.55. The van der Waals surface area contributed by atoms with E-state index in [2.05, 4.69) is 15.5 Å². The van der Waals surface area contributed by atoms with Crippen molar-refractivity contribution in [2.45, 2.75) is 45.1 Å². The maximum atomic E-state index is 13.8. The highest BCUT2D eigenvalue weighted by Gasteiger charge is 2.25. The van der Waals surface area contributed by atoms with Crippen LogP contribution in [-0.4, -0.2) is 55.9 Å². The summed E-state index contributed by atoms with van der Waals surface area (Å²) in [6.45, 7) is 5.04. The average molecular weight is 392 g/mol. The summed E-state index contributed by atoms with van der Waals surface area (Å²) in [4.78, 5) is 28.1. The molecule has 3 rings (SSSR count). The molecule has 2 saturated heterocycles. The quantitative estimate of drug-likeness (QED) is 0.822. The van der Waals surface area contributed by atoms with Gasteiger partial charge in [-0.1, -0.05) is 0 Å². The highest BCUT2D eigenvalue weighted by Crippen LogP contribution is 2.29. The van der Waals surface area contributed by atoms with Gasteiger partial charge in [-0.3, -0.25) is 0 Å². The molecule has 2 N–H and O–H groups in total. The molecule has 0 saturated carbocycles. The van der Waals surface area contributed by atoms with Crippen LogP contribution in [0.3, 0.4) is 0 Å². The van der Waals surface area contributed by atoms with Gasteiger partial charge in [-0.25, -0.2) is 14.0 Å². The van der Waals surface area contributed by atoms with Gasteiger partial charge in [0.05, 0.1) is 18.0 Å². The van der Waals surface area contributed by atoms with Crippen LogP contribution in [0.25, 0.3) is 0 Å². The molecule has 1 aromatic carbocycles. The van der Waals surface area contributed by atoms with Crippen molar-refractivity contribution in [1.29, 1.82) is 0 Å². The van der Waals surface area contributed by atoms with Crippen LogP contribution in [0, 0.1) is 5.82 Å². The Kier molecular flexibility index (Phi) is 6.95. The Morgan fingerprint density at radius 3 is 2.54 bits per heavy atom. The smallest absolute Gasteiger partial charge is 0.409 e. The molecule has 3 amide bonds. The first-order chi connectivity index (χ1) is 13.6. The fourth-order valence-corrected chi connectivity index (χ4v) is 3.78. The minimum Gasteiger partial charge on any atom is -0.450 e. The number of nitrogens with zero attached hydrogens (tertiary/aromatic N) is 2. The molecule has 154 valence electrons. The highest BCUT2D eigenvalue weighted by molar-refractivity contribution is 5.93. The van der Waals surface area contributed by atoms with E-state index in [4.69, 9.17) is 4.74 Å². The molecule has 2 fully saturated rings. The van der Waals surface area contributed by atoms with Crippen LogP contribution in [0.5, 0.6) is 0 Å². The summed E-state index contributed by atoms with van der Waals surface area (Å²) in [5, 5.41) is 5.75. The minimum atomic E-state index is -0.376. The van der Waals surface area contributed by atoms with Crippen LogP contribution < -0.4 is 15.5 Å².